The summed E-state index contributed by atoms with van der Waals surface area (Å²) < 4.78 is 11.3. The number of ether oxygens (including phenoxy) is 2. The van der Waals surface area contributed by atoms with Gasteiger partial charge in [-0.1, -0.05) is 0 Å². The van der Waals surface area contributed by atoms with Crippen LogP contribution >= 0.6 is 11.3 Å². The standard InChI is InChI=1S/C17H20N2O3S/c1-11-3-4-15(23-11)12-7-13-10-19(16(20)9-18)5-6-22-17(13)14(8-12)21-2/h3-4,7-8H,5-6,9-10,18H2,1-2H3. The van der Waals surface area contributed by atoms with E-state index in [1.54, 1.807) is 23.3 Å². The Labute approximate surface area is 139 Å². The van der Waals surface area contributed by atoms with Crippen LogP contribution in [0.5, 0.6) is 11.5 Å². The highest BCUT2D eigenvalue weighted by atomic mass is 32.1. The van der Waals surface area contributed by atoms with Gasteiger partial charge in [0.25, 0.3) is 0 Å². The Kier molecular flexibility index (Phi) is 4.54. The van der Waals surface area contributed by atoms with E-state index in [1.165, 1.54) is 9.75 Å². The Balaban J connectivity index is 2.04. The van der Waals surface area contributed by atoms with Gasteiger partial charge in [-0.05, 0) is 36.8 Å². The quantitative estimate of drug-likeness (QED) is 0.937. The first-order valence-electron chi connectivity index (χ1n) is 7.50. The monoisotopic (exact) mass is 332 g/mol. The van der Waals surface area contributed by atoms with Gasteiger partial charge >= 0.3 is 0 Å². The lowest BCUT2D eigenvalue weighted by molar-refractivity contribution is -0.130. The van der Waals surface area contributed by atoms with Crippen molar-refractivity contribution in [2.24, 2.45) is 5.73 Å². The normalized spacial score (nSPS) is 14.0. The Hall–Kier alpha value is -2.05. The molecule has 23 heavy (non-hydrogen) atoms. The topological polar surface area (TPSA) is 64.8 Å². The van der Waals surface area contributed by atoms with E-state index in [-0.39, 0.29) is 12.5 Å². The molecule has 0 spiro atoms. The van der Waals surface area contributed by atoms with Gasteiger partial charge in [0.15, 0.2) is 11.5 Å². The molecule has 0 aliphatic carbocycles. The van der Waals surface area contributed by atoms with E-state index >= 15 is 0 Å². The van der Waals surface area contributed by atoms with E-state index in [9.17, 15) is 4.79 Å². The second kappa shape index (κ2) is 6.60. The van der Waals surface area contributed by atoms with Gasteiger partial charge in [-0.2, -0.15) is 0 Å². The molecule has 1 aromatic carbocycles. The number of carbonyl (C=O) groups is 1. The largest absolute Gasteiger partial charge is 0.493 e. The average Bonchev–Trinajstić information content (AvgIpc) is 2.88. The maximum absolute atomic E-state index is 12.0. The maximum atomic E-state index is 12.0. The molecule has 122 valence electrons. The molecule has 0 bridgehead atoms. The summed E-state index contributed by atoms with van der Waals surface area (Å²) >= 11 is 1.73. The number of amides is 1. The van der Waals surface area contributed by atoms with Crippen molar-refractivity contribution in [3.63, 3.8) is 0 Å². The van der Waals surface area contributed by atoms with Crippen molar-refractivity contribution in [3.8, 4) is 21.9 Å². The molecule has 6 heteroatoms. The highest BCUT2D eigenvalue weighted by Gasteiger charge is 2.23. The third-order valence-corrected chi connectivity index (χ3v) is 4.92. The zero-order valence-electron chi connectivity index (χ0n) is 13.3. The molecule has 0 saturated carbocycles. The molecule has 1 aliphatic rings. The molecular weight excluding hydrogens is 312 g/mol. The van der Waals surface area contributed by atoms with Crippen LogP contribution in [0.1, 0.15) is 10.4 Å². The maximum Gasteiger partial charge on any atom is 0.236 e. The predicted molar refractivity (Wildman–Crippen MR) is 91.0 cm³/mol. The Morgan fingerprint density at radius 2 is 2.26 bits per heavy atom. The molecule has 0 unspecified atom stereocenters. The zero-order valence-corrected chi connectivity index (χ0v) is 14.1. The van der Waals surface area contributed by atoms with Crippen LogP contribution in [0.25, 0.3) is 10.4 Å². The minimum absolute atomic E-state index is 0.0102. The molecule has 0 saturated heterocycles. The lowest BCUT2D eigenvalue weighted by Gasteiger charge is -2.19. The summed E-state index contributed by atoms with van der Waals surface area (Å²) in [5.74, 6) is 1.35. The first kappa shape index (κ1) is 15.8. The number of hydrogen-bond donors (Lipinski definition) is 1. The third kappa shape index (κ3) is 3.18. The average molecular weight is 332 g/mol. The van der Waals surface area contributed by atoms with E-state index in [2.05, 4.69) is 25.1 Å². The second-order valence-corrected chi connectivity index (χ2v) is 6.73. The molecule has 2 heterocycles. The molecule has 3 rings (SSSR count). The van der Waals surface area contributed by atoms with Crippen molar-refractivity contribution in [1.82, 2.24) is 4.90 Å². The van der Waals surface area contributed by atoms with Gasteiger partial charge in [-0.25, -0.2) is 0 Å². The van der Waals surface area contributed by atoms with Crippen LogP contribution in [-0.2, 0) is 11.3 Å². The fourth-order valence-corrected chi connectivity index (χ4v) is 3.56. The molecular formula is C17H20N2O3S. The molecule has 5 nitrogen and oxygen atoms in total. The van der Waals surface area contributed by atoms with Crippen molar-refractivity contribution in [3.05, 3.63) is 34.7 Å². The van der Waals surface area contributed by atoms with E-state index in [0.29, 0.717) is 25.4 Å². The van der Waals surface area contributed by atoms with Crippen molar-refractivity contribution >= 4 is 17.2 Å². The summed E-state index contributed by atoms with van der Waals surface area (Å²) in [6.45, 7) is 3.55. The minimum Gasteiger partial charge on any atom is -0.493 e. The Morgan fingerprint density at radius 1 is 1.43 bits per heavy atom. The van der Waals surface area contributed by atoms with Crippen LogP contribution in [0, 0.1) is 6.92 Å². The molecule has 1 aliphatic heterocycles. The summed E-state index contributed by atoms with van der Waals surface area (Å²) in [7, 11) is 1.64. The number of thiophene rings is 1. The number of aryl methyl sites for hydroxylation is 1. The van der Waals surface area contributed by atoms with Crippen LogP contribution in [-0.4, -0.2) is 37.6 Å². The fourth-order valence-electron chi connectivity index (χ4n) is 2.71. The summed E-state index contributed by atoms with van der Waals surface area (Å²) in [6, 6.07) is 8.26. The van der Waals surface area contributed by atoms with Crippen LogP contribution < -0.4 is 15.2 Å². The van der Waals surface area contributed by atoms with Gasteiger partial charge in [-0.3, -0.25) is 4.79 Å². The lowest BCUT2D eigenvalue weighted by Crippen LogP contribution is -2.36. The fraction of sp³-hybridized carbons (Fsp3) is 0.353. The van der Waals surface area contributed by atoms with Crippen molar-refractivity contribution < 1.29 is 14.3 Å². The van der Waals surface area contributed by atoms with E-state index < -0.39 is 0 Å². The number of hydrogen-bond acceptors (Lipinski definition) is 5. The molecule has 2 aromatic rings. The number of rotatable bonds is 3. The molecule has 2 N–H and O–H groups in total. The van der Waals surface area contributed by atoms with E-state index in [4.69, 9.17) is 15.2 Å². The smallest absolute Gasteiger partial charge is 0.236 e. The van der Waals surface area contributed by atoms with Crippen LogP contribution in [0.4, 0.5) is 0 Å². The molecule has 0 radical (unpaired) electrons. The SMILES string of the molecule is COc1cc(-c2ccc(C)s2)cc2c1OCCN(C(=O)CN)C2. The number of nitrogens with zero attached hydrogens (tertiary/aromatic N) is 1. The van der Waals surface area contributed by atoms with Crippen LogP contribution in [0.15, 0.2) is 24.3 Å². The number of carbonyl (C=O) groups excluding carboxylic acids is 1. The number of methoxy groups -OCH3 is 1. The minimum atomic E-state index is -0.0715. The first-order chi connectivity index (χ1) is 11.1. The lowest BCUT2D eigenvalue weighted by atomic mass is 10.1. The van der Waals surface area contributed by atoms with Crippen molar-refractivity contribution in [2.75, 3.05) is 26.8 Å². The third-order valence-electron chi connectivity index (χ3n) is 3.87. The van der Waals surface area contributed by atoms with Crippen LogP contribution in [0.3, 0.4) is 0 Å². The van der Waals surface area contributed by atoms with Gasteiger partial charge in [0.2, 0.25) is 5.91 Å². The van der Waals surface area contributed by atoms with Gasteiger partial charge in [0.1, 0.15) is 6.61 Å². The van der Waals surface area contributed by atoms with Gasteiger partial charge in [0.05, 0.1) is 20.2 Å². The van der Waals surface area contributed by atoms with Crippen LogP contribution in [0.2, 0.25) is 0 Å². The predicted octanol–water partition coefficient (Wildman–Crippen LogP) is 2.41. The highest BCUT2D eigenvalue weighted by molar-refractivity contribution is 7.15. The Morgan fingerprint density at radius 3 is 2.91 bits per heavy atom. The number of benzene rings is 1. The highest BCUT2D eigenvalue weighted by Crippen LogP contribution is 2.39. The Bertz CT molecular complexity index is 727. The molecule has 1 amide bonds. The summed E-state index contributed by atoms with van der Waals surface area (Å²) in [5.41, 5.74) is 7.52. The van der Waals surface area contributed by atoms with Gasteiger partial charge in [-0.15, -0.1) is 11.3 Å². The number of fused-ring (bicyclic) bond motifs is 1. The van der Waals surface area contributed by atoms with Crippen molar-refractivity contribution in [2.45, 2.75) is 13.5 Å². The van der Waals surface area contributed by atoms with Gasteiger partial charge < -0.3 is 20.1 Å². The molecule has 0 atom stereocenters. The summed E-state index contributed by atoms with van der Waals surface area (Å²) in [6.07, 6.45) is 0. The van der Waals surface area contributed by atoms with Gasteiger partial charge in [0, 0.05) is 21.9 Å². The number of nitrogens with two attached hydrogens (primary N) is 1. The molecule has 0 fully saturated rings. The second-order valence-electron chi connectivity index (χ2n) is 5.44. The summed E-state index contributed by atoms with van der Waals surface area (Å²) in [4.78, 5) is 16.1. The summed E-state index contributed by atoms with van der Waals surface area (Å²) in [5, 5.41) is 0. The molecule has 1 aromatic heterocycles. The van der Waals surface area contributed by atoms with E-state index in [0.717, 1.165) is 16.9 Å². The van der Waals surface area contributed by atoms with E-state index in [1.807, 2.05) is 6.07 Å². The first-order valence-corrected chi connectivity index (χ1v) is 8.32. The van der Waals surface area contributed by atoms with Crippen molar-refractivity contribution in [1.29, 1.82) is 0 Å². The zero-order chi connectivity index (χ0) is 16.4.